The molecule has 0 saturated carbocycles. The Morgan fingerprint density at radius 3 is 2.92 bits per heavy atom. The molecular formula is C19H23N5O. The quantitative estimate of drug-likeness (QED) is 0.896. The van der Waals surface area contributed by atoms with Crippen LogP contribution in [-0.2, 0) is 0 Å². The van der Waals surface area contributed by atoms with E-state index in [0.29, 0.717) is 0 Å². The third kappa shape index (κ3) is 2.52. The maximum Gasteiger partial charge on any atom is 0.150 e. The van der Waals surface area contributed by atoms with Gasteiger partial charge in [0.1, 0.15) is 11.6 Å². The van der Waals surface area contributed by atoms with E-state index in [0.717, 1.165) is 47.3 Å². The molecule has 2 aromatic rings. The molecule has 0 aliphatic carbocycles. The number of benzene rings is 1. The lowest BCUT2D eigenvalue weighted by molar-refractivity contribution is 0.0189. The second-order valence-corrected chi connectivity index (χ2v) is 7.39. The molecule has 0 radical (unpaired) electrons. The standard InChI is InChI=1S/C19H23N5O/c1-25-14-2-3-15-16(10-14)21-18(11-20-15)22-17-4-7-19(23-17)12-24-8-5-13(19)6-9-24/h2-4,10-11,13,23H,5-9,12H2,1H3,(H,21,22)/t19-/m0/s1. The molecule has 1 aromatic heterocycles. The Kier molecular flexibility index (Phi) is 3.35. The van der Waals surface area contributed by atoms with E-state index < -0.39 is 0 Å². The fourth-order valence-electron chi connectivity index (χ4n) is 4.60. The van der Waals surface area contributed by atoms with Crippen LogP contribution in [0, 0.1) is 5.92 Å². The number of piperidine rings is 3. The molecule has 6 heteroatoms. The van der Waals surface area contributed by atoms with Gasteiger partial charge in [0.05, 0.1) is 29.9 Å². The molecule has 3 fully saturated rings. The van der Waals surface area contributed by atoms with Gasteiger partial charge in [-0.15, -0.1) is 0 Å². The second-order valence-electron chi connectivity index (χ2n) is 7.39. The number of methoxy groups -OCH3 is 1. The molecule has 2 N–H and O–H groups in total. The van der Waals surface area contributed by atoms with Crippen LogP contribution in [-0.4, -0.2) is 47.2 Å². The third-order valence-corrected chi connectivity index (χ3v) is 5.94. The zero-order valence-corrected chi connectivity index (χ0v) is 14.5. The summed E-state index contributed by atoms with van der Waals surface area (Å²) in [5.74, 6) is 3.39. The van der Waals surface area contributed by atoms with Crippen molar-refractivity contribution in [1.82, 2.24) is 20.2 Å². The van der Waals surface area contributed by atoms with Gasteiger partial charge < -0.3 is 20.3 Å². The van der Waals surface area contributed by atoms with Crippen LogP contribution in [0.25, 0.3) is 11.0 Å². The maximum atomic E-state index is 5.28. The zero-order chi connectivity index (χ0) is 16.9. The van der Waals surface area contributed by atoms with Gasteiger partial charge in [0, 0.05) is 12.6 Å². The van der Waals surface area contributed by atoms with Gasteiger partial charge in [-0.05, 0) is 56.5 Å². The van der Waals surface area contributed by atoms with Crippen molar-refractivity contribution in [3.8, 4) is 5.75 Å². The number of hydrogen-bond donors (Lipinski definition) is 2. The summed E-state index contributed by atoms with van der Waals surface area (Å²) in [6.07, 6.45) is 7.77. The molecule has 1 aromatic carbocycles. The van der Waals surface area contributed by atoms with Crippen LogP contribution in [0.5, 0.6) is 5.75 Å². The van der Waals surface area contributed by atoms with Crippen molar-refractivity contribution in [2.45, 2.75) is 24.8 Å². The normalized spacial score (nSPS) is 30.4. The third-order valence-electron chi connectivity index (χ3n) is 5.94. The summed E-state index contributed by atoms with van der Waals surface area (Å²) in [7, 11) is 1.66. The Labute approximate surface area is 147 Å². The van der Waals surface area contributed by atoms with Gasteiger partial charge in [0.15, 0.2) is 5.82 Å². The van der Waals surface area contributed by atoms with Crippen LogP contribution in [0.1, 0.15) is 19.3 Å². The van der Waals surface area contributed by atoms with Crippen molar-refractivity contribution >= 4 is 16.9 Å². The van der Waals surface area contributed by atoms with Gasteiger partial charge in [-0.25, -0.2) is 4.98 Å². The summed E-state index contributed by atoms with van der Waals surface area (Å²) in [5.41, 5.74) is 1.92. The SMILES string of the molecule is COc1ccc2ncc(NC3=CC[C@@]4(CN5CCC4CC5)N3)nc2c1. The van der Waals surface area contributed by atoms with E-state index in [-0.39, 0.29) is 5.54 Å². The number of anilines is 1. The largest absolute Gasteiger partial charge is 0.497 e. The van der Waals surface area contributed by atoms with E-state index in [4.69, 9.17) is 4.74 Å². The summed E-state index contributed by atoms with van der Waals surface area (Å²) in [4.78, 5) is 11.8. The molecule has 6 nitrogen and oxygen atoms in total. The van der Waals surface area contributed by atoms with E-state index >= 15 is 0 Å². The molecule has 0 amide bonds. The fourth-order valence-corrected chi connectivity index (χ4v) is 4.60. The highest BCUT2D eigenvalue weighted by molar-refractivity contribution is 5.77. The number of nitrogens with zero attached hydrogens (tertiary/aromatic N) is 3. The van der Waals surface area contributed by atoms with Crippen molar-refractivity contribution < 1.29 is 4.74 Å². The average Bonchev–Trinajstić information content (AvgIpc) is 3.04. The molecule has 0 unspecified atom stereocenters. The number of aromatic nitrogens is 2. The first-order valence-corrected chi connectivity index (χ1v) is 9.03. The number of hydrogen-bond acceptors (Lipinski definition) is 6. The predicted molar refractivity (Wildman–Crippen MR) is 97.4 cm³/mol. The van der Waals surface area contributed by atoms with Crippen molar-refractivity contribution in [3.63, 3.8) is 0 Å². The highest BCUT2D eigenvalue weighted by Crippen LogP contribution is 2.41. The van der Waals surface area contributed by atoms with Gasteiger partial charge in [-0.3, -0.25) is 4.98 Å². The zero-order valence-electron chi connectivity index (χ0n) is 14.5. The van der Waals surface area contributed by atoms with E-state index in [1.165, 1.54) is 25.9 Å². The van der Waals surface area contributed by atoms with Crippen molar-refractivity contribution in [2.75, 3.05) is 32.1 Å². The minimum absolute atomic E-state index is 0.215. The Bertz CT molecular complexity index is 843. The van der Waals surface area contributed by atoms with E-state index in [9.17, 15) is 0 Å². The predicted octanol–water partition coefficient (Wildman–Crippen LogP) is 2.35. The van der Waals surface area contributed by atoms with Gasteiger partial charge in [0.2, 0.25) is 0 Å². The van der Waals surface area contributed by atoms with Crippen molar-refractivity contribution in [3.05, 3.63) is 36.3 Å². The Hall–Kier alpha value is -2.34. The molecule has 3 saturated heterocycles. The molecule has 6 rings (SSSR count). The lowest BCUT2D eigenvalue weighted by Gasteiger charge is -2.52. The van der Waals surface area contributed by atoms with Crippen molar-refractivity contribution in [2.24, 2.45) is 5.92 Å². The number of fused-ring (bicyclic) bond motifs is 3. The number of ether oxygens (including phenoxy) is 1. The molecule has 25 heavy (non-hydrogen) atoms. The highest BCUT2D eigenvalue weighted by Gasteiger charge is 2.48. The van der Waals surface area contributed by atoms with Gasteiger partial charge >= 0.3 is 0 Å². The van der Waals surface area contributed by atoms with Crippen LogP contribution >= 0.6 is 0 Å². The van der Waals surface area contributed by atoms with Gasteiger partial charge in [0.25, 0.3) is 0 Å². The molecule has 4 aliphatic heterocycles. The Balaban J connectivity index is 1.35. The average molecular weight is 337 g/mol. The first-order valence-electron chi connectivity index (χ1n) is 9.03. The second kappa shape index (κ2) is 5.59. The lowest BCUT2D eigenvalue weighted by atomic mass is 9.72. The monoisotopic (exact) mass is 337 g/mol. The number of rotatable bonds is 3. The molecule has 5 heterocycles. The number of nitrogens with one attached hydrogen (secondary N) is 2. The van der Waals surface area contributed by atoms with Crippen LogP contribution in [0.2, 0.25) is 0 Å². The fraction of sp³-hybridized carbons (Fsp3) is 0.474. The topological polar surface area (TPSA) is 62.3 Å². The summed E-state index contributed by atoms with van der Waals surface area (Å²) in [5, 5.41) is 7.19. The van der Waals surface area contributed by atoms with Crippen LogP contribution in [0.3, 0.4) is 0 Å². The van der Waals surface area contributed by atoms with Crippen molar-refractivity contribution in [1.29, 1.82) is 0 Å². The summed E-state index contributed by atoms with van der Waals surface area (Å²) in [6.45, 7) is 3.67. The van der Waals surface area contributed by atoms with Crippen LogP contribution < -0.4 is 15.4 Å². The minimum atomic E-state index is 0.215. The molecular weight excluding hydrogens is 314 g/mol. The minimum Gasteiger partial charge on any atom is -0.497 e. The first-order chi connectivity index (χ1) is 12.2. The molecule has 130 valence electrons. The highest BCUT2D eigenvalue weighted by atomic mass is 16.5. The van der Waals surface area contributed by atoms with Crippen LogP contribution in [0.4, 0.5) is 5.82 Å². The molecule has 1 atom stereocenters. The summed E-state index contributed by atoms with van der Waals surface area (Å²) >= 11 is 0. The molecule has 1 spiro atoms. The summed E-state index contributed by atoms with van der Waals surface area (Å²) < 4.78 is 5.28. The van der Waals surface area contributed by atoms with Gasteiger partial charge in [-0.1, -0.05) is 0 Å². The van der Waals surface area contributed by atoms with E-state index in [1.54, 1.807) is 13.3 Å². The smallest absolute Gasteiger partial charge is 0.150 e. The Morgan fingerprint density at radius 1 is 1.28 bits per heavy atom. The Morgan fingerprint density at radius 2 is 2.16 bits per heavy atom. The maximum absolute atomic E-state index is 5.28. The van der Waals surface area contributed by atoms with Crippen LogP contribution in [0.15, 0.2) is 36.3 Å². The lowest BCUT2D eigenvalue weighted by Crippen LogP contribution is -2.64. The van der Waals surface area contributed by atoms with E-state index in [2.05, 4.69) is 31.6 Å². The first kappa shape index (κ1) is 15.0. The van der Waals surface area contributed by atoms with Gasteiger partial charge in [-0.2, -0.15) is 0 Å². The van der Waals surface area contributed by atoms with E-state index in [1.807, 2.05) is 18.2 Å². The summed E-state index contributed by atoms with van der Waals surface area (Å²) in [6, 6.07) is 5.75. The molecule has 4 aliphatic rings. The molecule has 2 bridgehead atoms.